The van der Waals surface area contributed by atoms with Crippen molar-refractivity contribution in [3.63, 3.8) is 0 Å². The summed E-state index contributed by atoms with van der Waals surface area (Å²) in [5, 5.41) is 2.68. The molecule has 1 heterocycles. The first-order chi connectivity index (χ1) is 7.72. The average Bonchev–Trinajstić information content (AvgIpc) is 2.74. The van der Waals surface area contributed by atoms with Gasteiger partial charge in [-0.25, -0.2) is 0 Å². The minimum absolute atomic E-state index is 0.204. The van der Waals surface area contributed by atoms with Gasteiger partial charge in [-0.05, 0) is 25.5 Å². The monoisotopic (exact) mass is 239 g/mol. The Labute approximate surface area is 101 Å². The Morgan fingerprint density at radius 1 is 1.31 bits per heavy atom. The predicted molar refractivity (Wildman–Crippen MR) is 66.3 cm³/mol. The summed E-state index contributed by atoms with van der Waals surface area (Å²) in [5.74, 6) is 0.204. The molecule has 0 unspecified atom stereocenters. The molecule has 0 saturated carbocycles. The molecule has 3 nitrogen and oxygen atoms in total. The van der Waals surface area contributed by atoms with E-state index < -0.39 is 0 Å². The summed E-state index contributed by atoms with van der Waals surface area (Å²) in [6.07, 6.45) is 1.76. The van der Waals surface area contributed by atoms with Crippen LogP contribution in [0, 0.1) is 6.92 Å². The minimum Gasteiger partial charge on any atom is -0.356 e. The van der Waals surface area contributed by atoms with Gasteiger partial charge in [0.25, 0.3) is 0 Å². The highest BCUT2D eigenvalue weighted by atomic mass is 32.2. The molecule has 16 heavy (non-hydrogen) atoms. The van der Waals surface area contributed by atoms with Gasteiger partial charge in [0.1, 0.15) is 0 Å². The Bertz CT molecular complexity index is 316. The van der Waals surface area contributed by atoms with Crippen LogP contribution >= 0.6 is 12.0 Å². The highest BCUT2D eigenvalue weighted by molar-refractivity contribution is 7.94. The molecular formula is C12H17NO2S. The van der Waals surface area contributed by atoms with E-state index in [1.54, 1.807) is 7.11 Å². The molecule has 1 N–H and O–H groups in total. The van der Waals surface area contributed by atoms with Crippen LogP contribution in [0.2, 0.25) is 0 Å². The van der Waals surface area contributed by atoms with E-state index in [4.69, 9.17) is 4.18 Å². The highest BCUT2D eigenvalue weighted by Crippen LogP contribution is 2.17. The molecule has 2 rings (SSSR count). The number of carbonyl (C=O) groups is 1. The normalized spacial score (nSPS) is 14.0. The lowest BCUT2D eigenvalue weighted by Crippen LogP contribution is -2.12. The van der Waals surface area contributed by atoms with Gasteiger partial charge in [0.15, 0.2) is 0 Å². The SMILES string of the molecule is COSc1ccc(C)cc1.O=C1CCCN1. The Hall–Kier alpha value is -1.00. The van der Waals surface area contributed by atoms with E-state index in [-0.39, 0.29) is 5.91 Å². The van der Waals surface area contributed by atoms with E-state index in [2.05, 4.69) is 24.4 Å². The first-order valence-electron chi connectivity index (χ1n) is 5.26. The van der Waals surface area contributed by atoms with E-state index >= 15 is 0 Å². The molecule has 1 amide bonds. The zero-order valence-electron chi connectivity index (χ0n) is 9.66. The molecule has 4 heteroatoms. The van der Waals surface area contributed by atoms with Crippen LogP contribution < -0.4 is 5.32 Å². The zero-order valence-corrected chi connectivity index (χ0v) is 10.5. The molecule has 1 aromatic carbocycles. The molecule has 0 aliphatic carbocycles. The Morgan fingerprint density at radius 2 is 2.00 bits per heavy atom. The molecule has 0 radical (unpaired) electrons. The van der Waals surface area contributed by atoms with Gasteiger partial charge in [0.05, 0.1) is 7.11 Å². The fraction of sp³-hybridized carbons (Fsp3) is 0.417. The quantitative estimate of drug-likeness (QED) is 0.806. The molecule has 1 aromatic rings. The summed E-state index contributed by atoms with van der Waals surface area (Å²) in [6, 6.07) is 8.23. The van der Waals surface area contributed by atoms with Crippen molar-refractivity contribution in [2.24, 2.45) is 0 Å². The molecule has 88 valence electrons. The number of hydrogen-bond donors (Lipinski definition) is 1. The first kappa shape index (κ1) is 13.1. The number of nitrogens with one attached hydrogen (secondary N) is 1. The lowest BCUT2D eigenvalue weighted by molar-refractivity contribution is -0.119. The van der Waals surface area contributed by atoms with Crippen LogP contribution in [-0.2, 0) is 8.98 Å². The Morgan fingerprint density at radius 3 is 2.38 bits per heavy atom. The molecule has 0 aromatic heterocycles. The van der Waals surface area contributed by atoms with Gasteiger partial charge in [0.2, 0.25) is 5.91 Å². The van der Waals surface area contributed by atoms with Crippen molar-refractivity contribution in [1.29, 1.82) is 0 Å². The summed E-state index contributed by atoms with van der Waals surface area (Å²) in [7, 11) is 1.67. The Balaban J connectivity index is 0.000000181. The lowest BCUT2D eigenvalue weighted by atomic mass is 10.2. The standard InChI is InChI=1S/C8H10OS.C4H7NO/c1-7-3-5-8(6-4-7)10-9-2;6-4-2-1-3-5-4/h3-6H,1-2H3;1-3H2,(H,5,6). The molecule has 0 spiro atoms. The molecule has 1 fully saturated rings. The van der Waals surface area contributed by atoms with Crippen LogP contribution in [0.15, 0.2) is 29.2 Å². The molecule has 0 bridgehead atoms. The van der Waals surface area contributed by atoms with Crippen molar-refractivity contribution in [2.45, 2.75) is 24.7 Å². The van der Waals surface area contributed by atoms with Crippen LogP contribution in [0.1, 0.15) is 18.4 Å². The second-order valence-electron chi connectivity index (χ2n) is 3.52. The predicted octanol–water partition coefficient (Wildman–Crippen LogP) is 2.54. The fourth-order valence-corrected chi connectivity index (χ4v) is 1.69. The van der Waals surface area contributed by atoms with Crippen LogP contribution in [0.4, 0.5) is 0 Å². The second kappa shape index (κ2) is 7.30. The highest BCUT2D eigenvalue weighted by Gasteiger charge is 2.05. The van der Waals surface area contributed by atoms with Crippen LogP contribution in [0.5, 0.6) is 0 Å². The number of amides is 1. The smallest absolute Gasteiger partial charge is 0.220 e. The van der Waals surface area contributed by atoms with Crippen molar-refractivity contribution in [3.8, 4) is 0 Å². The number of carbonyl (C=O) groups excluding carboxylic acids is 1. The zero-order chi connectivity index (χ0) is 11.8. The average molecular weight is 239 g/mol. The third-order valence-electron chi connectivity index (χ3n) is 2.10. The summed E-state index contributed by atoms with van der Waals surface area (Å²) in [6.45, 7) is 2.96. The topological polar surface area (TPSA) is 38.3 Å². The van der Waals surface area contributed by atoms with Gasteiger partial charge in [-0.2, -0.15) is 0 Å². The molecule has 1 aliphatic heterocycles. The number of hydrogen-bond acceptors (Lipinski definition) is 3. The molecular weight excluding hydrogens is 222 g/mol. The summed E-state index contributed by atoms with van der Waals surface area (Å²) in [4.78, 5) is 11.3. The third-order valence-corrected chi connectivity index (χ3v) is 2.73. The summed E-state index contributed by atoms with van der Waals surface area (Å²) >= 11 is 1.38. The molecule has 1 saturated heterocycles. The van der Waals surface area contributed by atoms with Crippen LogP contribution in [0.25, 0.3) is 0 Å². The van der Waals surface area contributed by atoms with E-state index in [0.717, 1.165) is 24.3 Å². The van der Waals surface area contributed by atoms with Crippen LogP contribution in [0.3, 0.4) is 0 Å². The van der Waals surface area contributed by atoms with Crippen molar-refractivity contribution in [3.05, 3.63) is 29.8 Å². The van der Waals surface area contributed by atoms with Crippen molar-refractivity contribution in [1.82, 2.24) is 5.32 Å². The summed E-state index contributed by atoms with van der Waals surface area (Å²) < 4.78 is 4.88. The van der Waals surface area contributed by atoms with Gasteiger partial charge in [0, 0.05) is 29.9 Å². The van der Waals surface area contributed by atoms with Gasteiger partial charge >= 0.3 is 0 Å². The lowest BCUT2D eigenvalue weighted by Gasteiger charge is -1.96. The fourth-order valence-electron chi connectivity index (χ4n) is 1.26. The summed E-state index contributed by atoms with van der Waals surface area (Å²) in [5.41, 5.74) is 1.28. The number of rotatable bonds is 2. The molecule has 0 atom stereocenters. The van der Waals surface area contributed by atoms with Crippen molar-refractivity contribution >= 4 is 17.9 Å². The van der Waals surface area contributed by atoms with Crippen molar-refractivity contribution < 1.29 is 8.98 Å². The number of aryl methyl sites for hydroxylation is 1. The minimum atomic E-state index is 0.204. The van der Waals surface area contributed by atoms with E-state index in [1.807, 2.05) is 12.1 Å². The third kappa shape index (κ3) is 5.19. The van der Waals surface area contributed by atoms with Crippen LogP contribution in [-0.4, -0.2) is 19.6 Å². The van der Waals surface area contributed by atoms with Gasteiger partial charge in [-0.1, -0.05) is 17.7 Å². The van der Waals surface area contributed by atoms with Crippen molar-refractivity contribution in [2.75, 3.05) is 13.7 Å². The van der Waals surface area contributed by atoms with Gasteiger partial charge < -0.3 is 9.50 Å². The van der Waals surface area contributed by atoms with Gasteiger partial charge in [-0.3, -0.25) is 4.79 Å². The Kier molecular flexibility index (Phi) is 5.96. The second-order valence-corrected chi connectivity index (χ2v) is 4.49. The largest absolute Gasteiger partial charge is 0.356 e. The molecule has 1 aliphatic rings. The van der Waals surface area contributed by atoms with E-state index in [9.17, 15) is 4.79 Å². The first-order valence-corrected chi connectivity index (χ1v) is 6.00. The maximum absolute atomic E-state index is 10.1. The number of benzene rings is 1. The van der Waals surface area contributed by atoms with E-state index in [1.165, 1.54) is 17.6 Å². The maximum Gasteiger partial charge on any atom is 0.220 e. The van der Waals surface area contributed by atoms with E-state index in [0.29, 0.717) is 0 Å². The maximum atomic E-state index is 10.1. The van der Waals surface area contributed by atoms with Gasteiger partial charge in [-0.15, -0.1) is 0 Å².